The van der Waals surface area contributed by atoms with Gasteiger partial charge in [-0.3, -0.25) is 10.1 Å². The third kappa shape index (κ3) is 2.09. The Morgan fingerprint density at radius 2 is 2.00 bits per heavy atom. The van der Waals surface area contributed by atoms with Crippen LogP contribution in [0, 0.1) is 20.6 Å². The van der Waals surface area contributed by atoms with E-state index in [0.29, 0.717) is 11.5 Å². The highest BCUT2D eigenvalue weighted by Gasteiger charge is 2.12. The molecule has 0 saturated heterocycles. The van der Waals surface area contributed by atoms with Crippen molar-refractivity contribution in [1.29, 1.82) is 0 Å². The number of aromatic nitrogens is 2. The van der Waals surface area contributed by atoms with Gasteiger partial charge in [0.2, 0.25) is 0 Å². The Labute approximate surface area is 111 Å². The van der Waals surface area contributed by atoms with E-state index in [1.54, 1.807) is 16.8 Å². The third-order valence-electron chi connectivity index (χ3n) is 2.33. The molecule has 2 N–H and O–H groups in total. The van der Waals surface area contributed by atoms with E-state index in [4.69, 9.17) is 5.73 Å². The van der Waals surface area contributed by atoms with Crippen LogP contribution in [-0.4, -0.2) is 14.7 Å². The minimum absolute atomic E-state index is 0.0471. The normalized spacial score (nSPS) is 10.5. The van der Waals surface area contributed by atoms with Crippen molar-refractivity contribution in [2.45, 2.75) is 6.92 Å². The van der Waals surface area contributed by atoms with E-state index < -0.39 is 4.92 Å². The molecule has 7 heteroatoms. The van der Waals surface area contributed by atoms with Crippen LogP contribution >= 0.6 is 22.6 Å². The number of nitro benzene ring substituents is 1. The fourth-order valence-corrected chi connectivity index (χ4v) is 1.77. The maximum atomic E-state index is 10.5. The maximum Gasteiger partial charge on any atom is 0.269 e. The van der Waals surface area contributed by atoms with Crippen LogP contribution in [0.2, 0.25) is 0 Å². The Kier molecular flexibility index (Phi) is 3.01. The summed E-state index contributed by atoms with van der Waals surface area (Å²) in [5.74, 6) is 0.539. The molecule has 1 aromatic carbocycles. The van der Waals surface area contributed by atoms with Crippen LogP contribution in [-0.2, 0) is 0 Å². The monoisotopic (exact) mass is 344 g/mol. The average Bonchev–Trinajstić information content (AvgIpc) is 2.57. The molecule has 0 radical (unpaired) electrons. The molecule has 1 heterocycles. The predicted octanol–water partition coefficient (Wildman–Crippen LogP) is 2.28. The lowest BCUT2D eigenvalue weighted by Crippen LogP contribution is -2.02. The quantitative estimate of drug-likeness (QED) is 0.514. The number of aryl methyl sites for hydroxylation is 1. The number of nitrogens with two attached hydrogens (primary N) is 1. The number of hydrogen-bond acceptors (Lipinski definition) is 4. The van der Waals surface area contributed by atoms with Gasteiger partial charge in [0, 0.05) is 12.1 Å². The summed E-state index contributed by atoms with van der Waals surface area (Å²) in [6.07, 6.45) is 0. The molecule has 0 fully saturated rings. The Bertz CT molecular complexity index is 577. The molecule has 1 aromatic heterocycles. The maximum absolute atomic E-state index is 10.5. The van der Waals surface area contributed by atoms with Crippen LogP contribution in [0.25, 0.3) is 5.69 Å². The predicted molar refractivity (Wildman–Crippen MR) is 72.1 cm³/mol. The molecule has 2 rings (SSSR count). The highest BCUT2D eigenvalue weighted by Crippen LogP contribution is 2.23. The highest BCUT2D eigenvalue weighted by molar-refractivity contribution is 14.1. The van der Waals surface area contributed by atoms with Crippen LogP contribution in [0.15, 0.2) is 24.3 Å². The van der Waals surface area contributed by atoms with Gasteiger partial charge in [-0.1, -0.05) is 0 Å². The summed E-state index contributed by atoms with van der Waals surface area (Å²) in [6.45, 7) is 1.86. The first kappa shape index (κ1) is 11.8. The lowest BCUT2D eigenvalue weighted by molar-refractivity contribution is -0.384. The van der Waals surface area contributed by atoms with E-state index in [-0.39, 0.29) is 5.69 Å². The largest absolute Gasteiger partial charge is 0.383 e. The van der Waals surface area contributed by atoms with Gasteiger partial charge in [0.1, 0.15) is 5.82 Å². The van der Waals surface area contributed by atoms with Gasteiger partial charge in [-0.2, -0.15) is 5.10 Å². The Balaban J connectivity index is 2.47. The SMILES string of the molecule is Cc1nn(-c2ccc([N+](=O)[O-])cc2)c(N)c1I. The minimum atomic E-state index is -0.439. The van der Waals surface area contributed by atoms with Crippen molar-refractivity contribution in [2.75, 3.05) is 5.73 Å². The molecule has 17 heavy (non-hydrogen) atoms. The van der Waals surface area contributed by atoms with Crippen molar-refractivity contribution in [2.24, 2.45) is 0 Å². The van der Waals surface area contributed by atoms with Gasteiger partial charge in [0.05, 0.1) is 19.9 Å². The molecule has 0 aliphatic carbocycles. The van der Waals surface area contributed by atoms with E-state index >= 15 is 0 Å². The molecule has 0 bridgehead atoms. The molecular weight excluding hydrogens is 335 g/mol. The zero-order valence-corrected chi connectivity index (χ0v) is 11.1. The zero-order chi connectivity index (χ0) is 12.6. The molecule has 0 spiro atoms. The van der Waals surface area contributed by atoms with Crippen molar-refractivity contribution in [3.63, 3.8) is 0 Å². The summed E-state index contributed by atoms with van der Waals surface area (Å²) in [5.41, 5.74) is 7.48. The molecule has 0 aliphatic heterocycles. The summed E-state index contributed by atoms with van der Waals surface area (Å²) < 4.78 is 2.46. The second-order valence-electron chi connectivity index (χ2n) is 3.47. The first-order valence-electron chi connectivity index (χ1n) is 4.76. The Morgan fingerprint density at radius 3 is 2.41 bits per heavy atom. The number of anilines is 1. The number of hydrogen-bond donors (Lipinski definition) is 1. The first-order valence-corrected chi connectivity index (χ1v) is 5.84. The van der Waals surface area contributed by atoms with Crippen LogP contribution in [0.5, 0.6) is 0 Å². The number of nitrogen functional groups attached to an aromatic ring is 1. The molecule has 0 saturated carbocycles. The van der Waals surface area contributed by atoms with Crippen LogP contribution in [0.3, 0.4) is 0 Å². The number of benzene rings is 1. The second-order valence-corrected chi connectivity index (χ2v) is 4.55. The van der Waals surface area contributed by atoms with Crippen molar-refractivity contribution in [3.05, 3.63) is 43.6 Å². The van der Waals surface area contributed by atoms with Crippen LogP contribution < -0.4 is 5.73 Å². The van der Waals surface area contributed by atoms with E-state index in [0.717, 1.165) is 9.26 Å². The summed E-state index contributed by atoms with van der Waals surface area (Å²) in [5, 5.41) is 14.8. The summed E-state index contributed by atoms with van der Waals surface area (Å²) in [4.78, 5) is 10.1. The highest BCUT2D eigenvalue weighted by atomic mass is 127. The number of non-ortho nitro benzene ring substituents is 1. The molecule has 6 nitrogen and oxygen atoms in total. The van der Waals surface area contributed by atoms with Gasteiger partial charge < -0.3 is 5.73 Å². The van der Waals surface area contributed by atoms with E-state index in [9.17, 15) is 10.1 Å². The zero-order valence-electron chi connectivity index (χ0n) is 8.92. The molecule has 2 aromatic rings. The fraction of sp³-hybridized carbons (Fsp3) is 0.100. The van der Waals surface area contributed by atoms with Gasteiger partial charge in [0.25, 0.3) is 5.69 Å². The molecule has 0 aliphatic rings. The van der Waals surface area contributed by atoms with Gasteiger partial charge in [-0.25, -0.2) is 4.68 Å². The smallest absolute Gasteiger partial charge is 0.269 e. The average molecular weight is 344 g/mol. The van der Waals surface area contributed by atoms with Crippen molar-refractivity contribution < 1.29 is 4.92 Å². The molecule has 0 unspecified atom stereocenters. The van der Waals surface area contributed by atoms with Crippen LogP contribution in [0.4, 0.5) is 11.5 Å². The van der Waals surface area contributed by atoms with Gasteiger partial charge in [-0.15, -0.1) is 0 Å². The second kappa shape index (κ2) is 4.32. The Morgan fingerprint density at radius 1 is 1.41 bits per heavy atom. The molecular formula is C10H9IN4O2. The topological polar surface area (TPSA) is 87.0 Å². The van der Waals surface area contributed by atoms with Gasteiger partial charge in [-0.05, 0) is 41.6 Å². The number of halogens is 1. The van der Waals surface area contributed by atoms with Gasteiger partial charge in [0.15, 0.2) is 0 Å². The number of rotatable bonds is 2. The summed E-state index contributed by atoms with van der Waals surface area (Å²) in [6, 6.07) is 6.10. The first-order chi connectivity index (χ1) is 8.00. The van der Waals surface area contributed by atoms with Crippen LogP contribution in [0.1, 0.15) is 5.69 Å². The standard InChI is InChI=1S/C10H9IN4O2/c1-6-9(11)10(12)14(13-6)7-2-4-8(5-3-7)15(16)17/h2-5H,12H2,1H3. The number of nitrogens with zero attached hydrogens (tertiary/aromatic N) is 3. The fourth-order valence-electron chi connectivity index (χ4n) is 1.44. The van der Waals surface area contributed by atoms with E-state index in [1.807, 2.05) is 6.92 Å². The lowest BCUT2D eigenvalue weighted by Gasteiger charge is -2.03. The van der Waals surface area contributed by atoms with Crippen molar-refractivity contribution in [3.8, 4) is 5.69 Å². The molecule has 88 valence electrons. The number of nitro groups is 1. The van der Waals surface area contributed by atoms with Crippen molar-refractivity contribution in [1.82, 2.24) is 9.78 Å². The summed E-state index contributed by atoms with van der Waals surface area (Å²) >= 11 is 2.12. The minimum Gasteiger partial charge on any atom is -0.383 e. The summed E-state index contributed by atoms with van der Waals surface area (Å²) in [7, 11) is 0. The van der Waals surface area contributed by atoms with Gasteiger partial charge >= 0.3 is 0 Å². The third-order valence-corrected chi connectivity index (χ3v) is 3.66. The van der Waals surface area contributed by atoms with E-state index in [2.05, 4.69) is 27.7 Å². The Hall–Kier alpha value is -1.64. The lowest BCUT2D eigenvalue weighted by atomic mass is 10.3. The molecule has 0 amide bonds. The molecule has 0 atom stereocenters. The van der Waals surface area contributed by atoms with E-state index in [1.165, 1.54) is 12.1 Å². The van der Waals surface area contributed by atoms with Crippen molar-refractivity contribution >= 4 is 34.1 Å².